The molecule has 2 aromatic carbocycles. The fourth-order valence-electron chi connectivity index (χ4n) is 4.46. The van der Waals surface area contributed by atoms with E-state index in [4.69, 9.17) is 9.88 Å². The van der Waals surface area contributed by atoms with Gasteiger partial charge in [0.15, 0.2) is 0 Å². The molecule has 0 atom stereocenters. The fraction of sp³-hybridized carbons (Fsp3) is 0.267. The predicted octanol–water partition coefficient (Wildman–Crippen LogP) is 2.04. The molecule has 0 aliphatic carbocycles. The first-order chi connectivity index (χ1) is 21.6. The molecule has 2 heterocycles. The van der Waals surface area contributed by atoms with Gasteiger partial charge in [-0.1, -0.05) is 12.1 Å². The van der Waals surface area contributed by atoms with Gasteiger partial charge in [0.1, 0.15) is 0 Å². The number of nitrogens with zero attached hydrogens (tertiary/aromatic N) is 2. The van der Waals surface area contributed by atoms with Gasteiger partial charge in [0.25, 0.3) is 20.0 Å². The second kappa shape index (κ2) is 14.4. The Morgan fingerprint density at radius 1 is 0.826 bits per heavy atom. The Morgan fingerprint density at radius 2 is 1.35 bits per heavy atom. The molecule has 0 saturated carbocycles. The molecule has 0 unspecified atom stereocenters. The number of hydrogen-bond donors (Lipinski definition) is 4. The molecule has 0 fully saturated rings. The van der Waals surface area contributed by atoms with Crippen molar-refractivity contribution in [3.05, 3.63) is 81.5 Å². The van der Waals surface area contributed by atoms with Gasteiger partial charge in [-0.15, -0.1) is 0 Å². The third-order valence-corrected chi connectivity index (χ3v) is 8.43. The second-order valence-electron chi connectivity index (χ2n) is 11.1. The Balaban J connectivity index is 1.42. The van der Waals surface area contributed by atoms with Gasteiger partial charge in [-0.3, -0.25) is 0 Å². The lowest BCUT2D eigenvalue weighted by Crippen LogP contribution is -2.31. The number of carbonyl (C=O) groups excluding carboxylic acids is 2. The molecular formula is C30H36N6O8S2. The monoisotopic (exact) mass is 672 g/mol. The van der Waals surface area contributed by atoms with Crippen LogP contribution < -0.4 is 10.0 Å². The summed E-state index contributed by atoms with van der Waals surface area (Å²) < 4.78 is 54.0. The molecule has 5 N–H and O–H groups in total. The summed E-state index contributed by atoms with van der Waals surface area (Å²) in [5, 5.41) is 6.68. The maximum absolute atomic E-state index is 12.4. The average molecular weight is 673 g/mol. The van der Waals surface area contributed by atoms with Crippen molar-refractivity contribution in [3.8, 4) is 0 Å². The van der Waals surface area contributed by atoms with Crippen molar-refractivity contribution in [2.45, 2.75) is 12.8 Å². The van der Waals surface area contributed by atoms with Gasteiger partial charge in [-0.2, -0.15) is 0 Å². The molecule has 0 aliphatic rings. The average Bonchev–Trinajstić information content (AvgIpc) is 3.59. The van der Waals surface area contributed by atoms with Crippen molar-refractivity contribution in [2.75, 3.05) is 41.3 Å². The molecule has 0 aliphatic heterocycles. The number of rotatable bonds is 13. The number of primary sulfonamides is 1. The SMILES string of the molecule is CN(C)CCc1c[nH]c2ccc(/C=C/S(=O)(=O)NOC(=O)C(=O)O/C(=C\c3ccc4[nH]cc(CCN(C)C)c4c3)S(N)(=O)=O)cc12. The lowest BCUT2D eigenvalue weighted by atomic mass is 10.1. The van der Waals surface area contributed by atoms with Crippen molar-refractivity contribution in [1.29, 1.82) is 0 Å². The summed E-state index contributed by atoms with van der Waals surface area (Å²) in [6.07, 6.45) is 7.51. The van der Waals surface area contributed by atoms with Gasteiger partial charge < -0.3 is 29.3 Å². The topological polar surface area (TPSA) is 197 Å². The van der Waals surface area contributed by atoms with E-state index < -0.39 is 37.1 Å². The van der Waals surface area contributed by atoms with E-state index in [0.29, 0.717) is 17.5 Å². The number of benzene rings is 2. The summed E-state index contributed by atoms with van der Waals surface area (Å²) in [5.74, 6) is -3.64. The molecule has 246 valence electrons. The van der Waals surface area contributed by atoms with Crippen molar-refractivity contribution in [2.24, 2.45) is 5.14 Å². The zero-order chi connectivity index (χ0) is 33.6. The minimum Gasteiger partial charge on any atom is -0.404 e. The number of nitrogens with two attached hydrogens (primary N) is 1. The number of hydrogen-bond acceptors (Lipinski definition) is 10. The van der Waals surface area contributed by atoms with E-state index in [-0.39, 0.29) is 0 Å². The first kappa shape index (κ1) is 34.6. The molecule has 16 heteroatoms. The number of carbonyl (C=O) groups is 2. The lowest BCUT2D eigenvalue weighted by molar-refractivity contribution is -0.166. The van der Waals surface area contributed by atoms with Gasteiger partial charge in [-0.05, 0) is 98.5 Å². The van der Waals surface area contributed by atoms with Crippen LogP contribution in [-0.2, 0) is 52.1 Å². The van der Waals surface area contributed by atoms with E-state index in [1.165, 1.54) is 11.0 Å². The van der Waals surface area contributed by atoms with E-state index in [0.717, 1.165) is 63.9 Å². The van der Waals surface area contributed by atoms with Crippen LogP contribution in [-0.4, -0.2) is 89.8 Å². The van der Waals surface area contributed by atoms with Crippen molar-refractivity contribution >= 4 is 65.9 Å². The zero-order valence-electron chi connectivity index (χ0n) is 25.7. The predicted molar refractivity (Wildman–Crippen MR) is 175 cm³/mol. The van der Waals surface area contributed by atoms with E-state index >= 15 is 0 Å². The minimum atomic E-state index is -4.63. The fourth-order valence-corrected chi connectivity index (χ4v) is 5.54. The number of H-pyrrole nitrogens is 2. The standard InChI is InChI=1S/C30H36N6O8S2/c1-35(2)12-9-22-18-32-26-7-5-20(15-24(22)26)11-14-45(39,40)34-44-30(38)29(37)43-28(46(31,41)42)17-21-6-8-27-25(16-21)23(19-33-27)10-13-36(3)4/h5-8,11,14-19,32-34H,9-10,12-13H2,1-4H3,(H2,31,41,42)/b14-11+,28-17+. The van der Waals surface area contributed by atoms with Crippen LogP contribution in [0.5, 0.6) is 0 Å². The van der Waals surface area contributed by atoms with Crippen LogP contribution in [0.4, 0.5) is 0 Å². The van der Waals surface area contributed by atoms with Crippen molar-refractivity contribution < 1.29 is 36.0 Å². The molecule has 4 aromatic rings. The molecule has 0 radical (unpaired) electrons. The molecule has 46 heavy (non-hydrogen) atoms. The second-order valence-corrected chi connectivity index (χ2v) is 14.1. The number of fused-ring (bicyclic) bond motifs is 2. The van der Waals surface area contributed by atoms with E-state index in [9.17, 15) is 26.4 Å². The summed E-state index contributed by atoms with van der Waals surface area (Å²) >= 11 is 0. The van der Waals surface area contributed by atoms with Crippen molar-refractivity contribution in [3.63, 3.8) is 0 Å². The number of ether oxygens (including phenoxy) is 1. The summed E-state index contributed by atoms with van der Waals surface area (Å²) in [5.41, 5.74) is 4.61. The van der Waals surface area contributed by atoms with Gasteiger partial charge in [0.2, 0.25) is 5.09 Å². The zero-order valence-corrected chi connectivity index (χ0v) is 27.4. The summed E-state index contributed by atoms with van der Waals surface area (Å²) in [4.78, 5) is 40.9. The van der Waals surface area contributed by atoms with Gasteiger partial charge in [-0.25, -0.2) is 31.6 Å². The number of nitrogens with one attached hydrogen (secondary N) is 3. The largest absolute Gasteiger partial charge is 0.437 e. The number of sulfonamides is 2. The molecular weight excluding hydrogens is 636 g/mol. The number of likely N-dealkylation sites (N-methyl/N-ethyl adjacent to an activating group) is 2. The smallest absolute Gasteiger partial charge is 0.404 e. The van der Waals surface area contributed by atoms with Gasteiger partial charge in [0.05, 0.1) is 0 Å². The number of aromatic nitrogens is 2. The van der Waals surface area contributed by atoms with Crippen LogP contribution in [0.2, 0.25) is 0 Å². The third kappa shape index (κ3) is 9.35. The van der Waals surface area contributed by atoms with Crippen molar-refractivity contribution in [1.82, 2.24) is 24.7 Å². The van der Waals surface area contributed by atoms with Crippen LogP contribution in [0.1, 0.15) is 22.3 Å². The minimum absolute atomic E-state index is 0.317. The molecule has 0 saturated heterocycles. The normalized spacial score (nSPS) is 13.0. The first-order valence-electron chi connectivity index (χ1n) is 14.0. The Hall–Kier alpha value is -4.32. The summed E-state index contributed by atoms with van der Waals surface area (Å²) in [6, 6.07) is 10.3. The molecule has 14 nitrogen and oxygen atoms in total. The Labute approximate surface area is 266 Å². The molecule has 4 rings (SSSR count). The number of esters is 1. The summed E-state index contributed by atoms with van der Waals surface area (Å²) in [7, 11) is -1.18. The molecule has 2 aromatic heterocycles. The molecule has 0 bridgehead atoms. The highest BCUT2D eigenvalue weighted by Crippen LogP contribution is 2.24. The van der Waals surface area contributed by atoms with E-state index in [2.05, 4.69) is 19.7 Å². The highest BCUT2D eigenvalue weighted by molar-refractivity contribution is 7.93. The van der Waals surface area contributed by atoms with Gasteiger partial charge in [0, 0.05) is 58.8 Å². The highest BCUT2D eigenvalue weighted by Gasteiger charge is 2.26. The Morgan fingerprint density at radius 3 is 1.87 bits per heavy atom. The van der Waals surface area contributed by atoms with Crippen LogP contribution in [0.15, 0.2) is 59.3 Å². The maximum atomic E-state index is 12.4. The van der Waals surface area contributed by atoms with E-state index in [1.807, 2.05) is 51.6 Å². The number of aromatic amines is 2. The van der Waals surface area contributed by atoms with Crippen LogP contribution in [0.3, 0.4) is 0 Å². The first-order valence-corrected chi connectivity index (χ1v) is 17.1. The van der Waals surface area contributed by atoms with Crippen LogP contribution >= 0.6 is 0 Å². The summed E-state index contributed by atoms with van der Waals surface area (Å²) in [6.45, 7) is 1.60. The lowest BCUT2D eigenvalue weighted by Gasteiger charge is -2.09. The quantitative estimate of drug-likeness (QED) is 0.0706. The van der Waals surface area contributed by atoms with Crippen LogP contribution in [0.25, 0.3) is 34.0 Å². The third-order valence-electron chi connectivity index (χ3n) is 6.85. The van der Waals surface area contributed by atoms with Crippen LogP contribution in [0, 0.1) is 0 Å². The Bertz CT molecular complexity index is 2030. The molecule has 0 amide bonds. The van der Waals surface area contributed by atoms with Gasteiger partial charge >= 0.3 is 11.9 Å². The maximum Gasteiger partial charge on any atom is 0.437 e. The highest BCUT2D eigenvalue weighted by atomic mass is 32.2. The molecule has 0 spiro atoms. The van der Waals surface area contributed by atoms with E-state index in [1.54, 1.807) is 30.3 Å². The Kier molecular flexibility index (Phi) is 10.8.